The summed E-state index contributed by atoms with van der Waals surface area (Å²) in [6.45, 7) is 0.955. The number of rotatable bonds is 9. The lowest BCUT2D eigenvalue weighted by molar-refractivity contribution is -0.137. The highest BCUT2D eigenvalue weighted by molar-refractivity contribution is 6.11. The Labute approximate surface area is 225 Å². The molecule has 3 heterocycles. The van der Waals surface area contributed by atoms with Crippen molar-refractivity contribution in [2.45, 2.75) is 31.5 Å². The molecule has 2 unspecified atom stereocenters. The van der Waals surface area contributed by atoms with Crippen molar-refractivity contribution in [3.8, 4) is 17.1 Å². The number of aliphatic imine (C=N–C) groups is 3. The first kappa shape index (κ1) is 28.1. The van der Waals surface area contributed by atoms with E-state index in [1.54, 1.807) is 24.3 Å². The molecule has 2 aliphatic heterocycles. The van der Waals surface area contributed by atoms with Crippen LogP contribution in [-0.2, 0) is 9.63 Å². The number of nitrogens with two attached hydrogens (primary N) is 1. The zero-order valence-corrected chi connectivity index (χ0v) is 21.9. The lowest BCUT2D eigenvalue weighted by atomic mass is 9.82. The highest BCUT2D eigenvalue weighted by Gasteiger charge is 2.39. The van der Waals surface area contributed by atoms with Crippen molar-refractivity contribution in [2.75, 3.05) is 33.9 Å². The Morgan fingerprint density at radius 1 is 1.31 bits per heavy atom. The van der Waals surface area contributed by atoms with Crippen LogP contribution in [0.5, 0.6) is 5.88 Å². The van der Waals surface area contributed by atoms with Gasteiger partial charge in [0.15, 0.2) is 6.61 Å². The maximum atomic E-state index is 14.4. The number of aromatic nitrogens is 1. The van der Waals surface area contributed by atoms with E-state index in [9.17, 15) is 14.3 Å². The summed E-state index contributed by atoms with van der Waals surface area (Å²) in [7, 11) is 3.00. The zero-order valence-electron chi connectivity index (χ0n) is 21.9. The molecule has 0 bridgehead atoms. The van der Waals surface area contributed by atoms with Gasteiger partial charge < -0.3 is 25.6 Å². The van der Waals surface area contributed by atoms with E-state index in [4.69, 9.17) is 25.4 Å². The molecule has 208 valence electrons. The fourth-order valence-corrected chi connectivity index (χ4v) is 4.66. The van der Waals surface area contributed by atoms with Gasteiger partial charge in [0.25, 0.3) is 5.91 Å². The van der Waals surface area contributed by atoms with Crippen LogP contribution in [0.25, 0.3) is 11.3 Å². The number of ether oxygens (including phenoxy) is 1. The van der Waals surface area contributed by atoms with Crippen molar-refractivity contribution in [3.05, 3.63) is 47.8 Å². The van der Waals surface area contributed by atoms with Gasteiger partial charge in [0.1, 0.15) is 11.7 Å². The van der Waals surface area contributed by atoms with Gasteiger partial charge in [-0.15, -0.1) is 0 Å². The molecule has 1 aromatic heterocycles. The van der Waals surface area contributed by atoms with Crippen molar-refractivity contribution < 1.29 is 29.0 Å². The number of methoxy groups -OCH3 is 1. The molecule has 13 heteroatoms. The van der Waals surface area contributed by atoms with Crippen molar-refractivity contribution in [2.24, 2.45) is 26.6 Å². The molecule has 12 nitrogen and oxygen atoms in total. The summed E-state index contributed by atoms with van der Waals surface area (Å²) < 4.78 is 19.6. The largest absolute Gasteiger partial charge is 0.481 e. The molecule has 39 heavy (non-hydrogen) atoms. The molecular formula is C26H32FN7O5. The van der Waals surface area contributed by atoms with Gasteiger partial charge in [-0.25, -0.2) is 19.4 Å². The standard InChI is InChI=1S/C26H32FN7O5/c1-14-24-21(32-26(28)29-14)10-20(31-25(24)33-39-13-23(37)34(2)11-16(36)12-35)17-8-7-15(27)9-18(17)19-5-4-6-22(30-19)38-3/h4-9,16,20-21,24,35-36H,10-13H2,1-3H3,(H2,28,32)(H,31,33)/t16-,20?,21+,24?/m0/s1. The predicted octanol–water partition coefficient (Wildman–Crippen LogP) is 0.846. The highest BCUT2D eigenvalue weighted by atomic mass is 19.1. The molecule has 0 saturated carbocycles. The van der Waals surface area contributed by atoms with Crippen LogP contribution in [0, 0.1) is 11.7 Å². The van der Waals surface area contributed by atoms with E-state index in [1.807, 2.05) is 6.92 Å². The first-order valence-electron chi connectivity index (χ1n) is 12.4. The quantitative estimate of drug-likeness (QED) is 0.339. The number of pyridine rings is 1. The number of carbonyl (C=O) groups excluding carboxylic acids is 1. The molecule has 0 saturated heterocycles. The number of nitrogens with one attached hydrogen (secondary N) is 1. The van der Waals surface area contributed by atoms with Crippen molar-refractivity contribution in [3.63, 3.8) is 0 Å². The maximum absolute atomic E-state index is 14.4. The van der Waals surface area contributed by atoms with Crippen LogP contribution in [0.15, 0.2) is 51.4 Å². The average Bonchev–Trinajstić information content (AvgIpc) is 2.92. The molecule has 2 aromatic rings. The minimum atomic E-state index is -1.05. The Kier molecular flexibility index (Phi) is 8.84. The third kappa shape index (κ3) is 6.56. The topological polar surface area (TPSA) is 167 Å². The smallest absolute Gasteiger partial charge is 0.251 e. The molecule has 4 atom stereocenters. The van der Waals surface area contributed by atoms with Crippen molar-refractivity contribution >= 4 is 23.4 Å². The number of amidine groups is 1. The van der Waals surface area contributed by atoms with Gasteiger partial charge in [-0.2, -0.15) is 0 Å². The average molecular weight is 542 g/mol. The van der Waals surface area contributed by atoms with E-state index in [-0.39, 0.29) is 31.1 Å². The van der Waals surface area contributed by atoms with E-state index in [0.717, 1.165) is 5.56 Å². The van der Waals surface area contributed by atoms with Crippen LogP contribution >= 0.6 is 0 Å². The van der Waals surface area contributed by atoms with Crippen molar-refractivity contribution in [1.82, 2.24) is 15.4 Å². The number of likely N-dealkylation sites (N-methyl/N-ethyl adjacent to an activating group) is 1. The van der Waals surface area contributed by atoms with Crippen molar-refractivity contribution in [1.29, 1.82) is 0 Å². The molecule has 1 amide bonds. The SMILES string of the molecule is COc1cccc(-c2cc(F)ccc2C2C[C@H]3N=C(N)N=C(C)C3C(NOCC(=O)N(C)C[C@H](O)CO)=N2)n1. The Balaban J connectivity index is 1.63. The van der Waals surface area contributed by atoms with Crippen LogP contribution < -0.4 is 16.0 Å². The molecule has 0 fully saturated rings. The second-order valence-electron chi connectivity index (χ2n) is 9.35. The number of aliphatic hydroxyl groups excluding tert-OH is 2. The Bertz CT molecular complexity index is 1300. The number of benzene rings is 1. The number of guanidine groups is 1. The van der Waals surface area contributed by atoms with E-state index >= 15 is 0 Å². The highest BCUT2D eigenvalue weighted by Crippen LogP contribution is 2.39. The third-order valence-electron chi connectivity index (χ3n) is 6.55. The zero-order chi connectivity index (χ0) is 28.1. The number of nitrogens with zero attached hydrogens (tertiary/aromatic N) is 5. The number of hydrogen-bond donors (Lipinski definition) is 4. The Hall–Kier alpha value is -3.94. The summed E-state index contributed by atoms with van der Waals surface area (Å²) in [5.41, 5.74) is 11.2. The molecular weight excluding hydrogens is 509 g/mol. The van der Waals surface area contributed by atoms with Crippen LogP contribution in [0.4, 0.5) is 4.39 Å². The predicted molar refractivity (Wildman–Crippen MR) is 143 cm³/mol. The molecule has 4 rings (SSSR count). The lowest BCUT2D eigenvalue weighted by Gasteiger charge is -2.35. The van der Waals surface area contributed by atoms with Gasteiger partial charge in [-0.1, -0.05) is 12.1 Å². The minimum absolute atomic E-state index is 0.0438. The lowest BCUT2D eigenvalue weighted by Crippen LogP contribution is -2.48. The number of halogens is 1. The third-order valence-corrected chi connectivity index (χ3v) is 6.55. The van der Waals surface area contributed by atoms with Crippen LogP contribution in [0.2, 0.25) is 0 Å². The second-order valence-corrected chi connectivity index (χ2v) is 9.35. The minimum Gasteiger partial charge on any atom is -0.481 e. The fraction of sp³-hybridized carbons (Fsp3) is 0.423. The first-order chi connectivity index (χ1) is 18.7. The fourth-order valence-electron chi connectivity index (χ4n) is 4.66. The summed E-state index contributed by atoms with van der Waals surface area (Å²) in [6, 6.07) is 8.88. The number of amides is 1. The summed E-state index contributed by atoms with van der Waals surface area (Å²) in [6.07, 6.45) is -0.586. The van der Waals surface area contributed by atoms with Gasteiger partial charge in [-0.3, -0.25) is 20.1 Å². The number of aliphatic hydroxyl groups is 2. The van der Waals surface area contributed by atoms with Gasteiger partial charge in [-0.05, 0) is 37.1 Å². The molecule has 0 radical (unpaired) electrons. The summed E-state index contributed by atoms with van der Waals surface area (Å²) in [4.78, 5) is 37.4. The van der Waals surface area contributed by atoms with Gasteiger partial charge in [0.2, 0.25) is 11.8 Å². The van der Waals surface area contributed by atoms with E-state index < -0.39 is 30.5 Å². The van der Waals surface area contributed by atoms with Crippen LogP contribution in [0.3, 0.4) is 0 Å². The number of hydroxylamine groups is 1. The van der Waals surface area contributed by atoms with E-state index in [2.05, 4.69) is 20.4 Å². The van der Waals surface area contributed by atoms with Gasteiger partial charge in [0, 0.05) is 30.9 Å². The number of carbonyl (C=O) groups is 1. The normalized spacial score (nSPS) is 21.2. The maximum Gasteiger partial charge on any atom is 0.251 e. The summed E-state index contributed by atoms with van der Waals surface area (Å²) >= 11 is 0. The molecule has 2 aliphatic rings. The van der Waals surface area contributed by atoms with Gasteiger partial charge in [0.05, 0.1) is 43.5 Å². The number of fused-ring (bicyclic) bond motifs is 1. The van der Waals surface area contributed by atoms with Crippen LogP contribution in [0.1, 0.15) is 24.9 Å². The van der Waals surface area contributed by atoms with E-state index in [1.165, 1.54) is 31.2 Å². The Morgan fingerprint density at radius 2 is 2.10 bits per heavy atom. The molecule has 5 N–H and O–H groups in total. The van der Waals surface area contributed by atoms with Gasteiger partial charge >= 0.3 is 0 Å². The summed E-state index contributed by atoms with van der Waals surface area (Å²) in [5.74, 6) is -0.258. The first-order valence-corrected chi connectivity index (χ1v) is 12.4. The molecule has 1 aromatic carbocycles. The number of hydrogen-bond acceptors (Lipinski definition) is 11. The molecule has 0 spiro atoms. The van der Waals surface area contributed by atoms with Crippen LogP contribution in [-0.4, -0.2) is 89.6 Å². The Morgan fingerprint density at radius 3 is 2.85 bits per heavy atom. The second kappa shape index (κ2) is 12.3. The monoisotopic (exact) mass is 541 g/mol. The molecule has 0 aliphatic carbocycles. The summed E-state index contributed by atoms with van der Waals surface area (Å²) in [5, 5.41) is 18.6. The van der Waals surface area contributed by atoms with E-state index in [0.29, 0.717) is 35.1 Å².